The molecule has 84 valence electrons. The summed E-state index contributed by atoms with van der Waals surface area (Å²) in [6, 6.07) is 1.71. The first-order chi connectivity index (χ1) is 7.15. The van der Waals surface area contributed by atoms with E-state index in [0.717, 1.165) is 12.8 Å². The Morgan fingerprint density at radius 1 is 1.67 bits per heavy atom. The van der Waals surface area contributed by atoms with Gasteiger partial charge in [-0.05, 0) is 17.9 Å². The van der Waals surface area contributed by atoms with Crippen LogP contribution in [0, 0.1) is 0 Å². The third-order valence-electron chi connectivity index (χ3n) is 1.91. The minimum absolute atomic E-state index is 0.00214. The predicted molar refractivity (Wildman–Crippen MR) is 66.2 cm³/mol. The minimum atomic E-state index is -0.142. The van der Waals surface area contributed by atoms with Crippen molar-refractivity contribution in [1.82, 2.24) is 5.32 Å². The number of carbonyl (C=O) groups is 1. The fourth-order valence-electron chi connectivity index (χ4n) is 1.15. The highest BCUT2D eigenvalue weighted by Gasteiger charge is 2.12. The van der Waals surface area contributed by atoms with Gasteiger partial charge in [0, 0.05) is 6.54 Å². The summed E-state index contributed by atoms with van der Waals surface area (Å²) in [6.45, 7) is 2.55. The Morgan fingerprint density at radius 2 is 2.40 bits per heavy atom. The minimum Gasteiger partial charge on any atom is -0.350 e. The smallest absolute Gasteiger partial charge is 0.262 e. The number of amides is 1. The number of hydrogen-bond acceptors (Lipinski definition) is 2. The molecule has 1 unspecified atom stereocenters. The van der Waals surface area contributed by atoms with Gasteiger partial charge in [-0.3, -0.25) is 4.79 Å². The van der Waals surface area contributed by atoms with Gasteiger partial charge in [-0.25, -0.2) is 0 Å². The van der Waals surface area contributed by atoms with E-state index in [4.69, 9.17) is 23.2 Å². The fraction of sp³-hybridized carbons (Fsp3) is 0.500. The average molecular weight is 266 g/mol. The van der Waals surface area contributed by atoms with Crippen LogP contribution in [0.5, 0.6) is 0 Å². The summed E-state index contributed by atoms with van der Waals surface area (Å²) in [5.41, 5.74) is 0. The monoisotopic (exact) mass is 265 g/mol. The Bertz CT molecular complexity index is 327. The molecular formula is C10H13Cl2NOS. The first kappa shape index (κ1) is 12.8. The van der Waals surface area contributed by atoms with Crippen LogP contribution in [0.1, 0.15) is 29.4 Å². The Kier molecular flexibility index (Phi) is 5.43. The van der Waals surface area contributed by atoms with Gasteiger partial charge in [0.15, 0.2) is 0 Å². The van der Waals surface area contributed by atoms with E-state index in [1.54, 1.807) is 11.4 Å². The molecule has 0 fully saturated rings. The van der Waals surface area contributed by atoms with Crippen LogP contribution in [0.3, 0.4) is 0 Å². The zero-order valence-electron chi connectivity index (χ0n) is 8.43. The van der Waals surface area contributed by atoms with Gasteiger partial charge in [0.25, 0.3) is 5.91 Å². The van der Waals surface area contributed by atoms with Crippen molar-refractivity contribution in [3.05, 3.63) is 21.3 Å². The van der Waals surface area contributed by atoms with Crippen LogP contribution in [0.25, 0.3) is 0 Å². The molecule has 1 rings (SSSR count). The van der Waals surface area contributed by atoms with Gasteiger partial charge < -0.3 is 5.32 Å². The molecule has 0 saturated carbocycles. The average Bonchev–Trinajstić information content (AvgIpc) is 2.61. The molecule has 5 heteroatoms. The lowest BCUT2D eigenvalue weighted by Gasteiger charge is -2.08. The lowest BCUT2D eigenvalue weighted by molar-refractivity contribution is 0.0957. The summed E-state index contributed by atoms with van der Waals surface area (Å²) >= 11 is 13.1. The van der Waals surface area contributed by atoms with Crippen LogP contribution in [0.2, 0.25) is 5.02 Å². The summed E-state index contributed by atoms with van der Waals surface area (Å²) in [5.74, 6) is -0.142. The third kappa shape index (κ3) is 4.01. The van der Waals surface area contributed by atoms with Crippen molar-refractivity contribution in [2.75, 3.05) is 6.54 Å². The molecule has 0 aliphatic heterocycles. The number of thiophene rings is 1. The maximum Gasteiger partial charge on any atom is 0.262 e. The number of hydrogen-bond donors (Lipinski definition) is 1. The van der Waals surface area contributed by atoms with Crippen molar-refractivity contribution in [3.8, 4) is 0 Å². The van der Waals surface area contributed by atoms with Gasteiger partial charge in [0.05, 0.1) is 10.4 Å². The highest BCUT2D eigenvalue weighted by atomic mass is 35.5. The largest absolute Gasteiger partial charge is 0.350 e. The van der Waals surface area contributed by atoms with Crippen molar-refractivity contribution in [1.29, 1.82) is 0 Å². The Balaban J connectivity index is 2.40. The van der Waals surface area contributed by atoms with Crippen LogP contribution >= 0.6 is 34.5 Å². The summed E-state index contributed by atoms with van der Waals surface area (Å²) in [4.78, 5) is 12.1. The second kappa shape index (κ2) is 6.36. The lowest BCUT2D eigenvalue weighted by Crippen LogP contribution is -2.29. The number of rotatable bonds is 5. The molecule has 1 aromatic rings. The van der Waals surface area contributed by atoms with Crippen molar-refractivity contribution in [2.24, 2.45) is 0 Å². The first-order valence-electron chi connectivity index (χ1n) is 4.80. The van der Waals surface area contributed by atoms with Crippen molar-refractivity contribution in [2.45, 2.75) is 25.1 Å². The molecule has 1 heterocycles. The van der Waals surface area contributed by atoms with Crippen LogP contribution in [0.15, 0.2) is 11.4 Å². The number of nitrogens with one attached hydrogen (secondary N) is 1. The van der Waals surface area contributed by atoms with Gasteiger partial charge in [0.1, 0.15) is 4.88 Å². The van der Waals surface area contributed by atoms with E-state index < -0.39 is 0 Å². The van der Waals surface area contributed by atoms with E-state index in [9.17, 15) is 4.79 Å². The topological polar surface area (TPSA) is 29.1 Å². The summed E-state index contributed by atoms with van der Waals surface area (Å²) in [6.07, 6.45) is 1.92. The maximum absolute atomic E-state index is 11.6. The van der Waals surface area contributed by atoms with Gasteiger partial charge in [-0.2, -0.15) is 0 Å². The fourth-order valence-corrected chi connectivity index (χ4v) is 2.51. The standard InChI is InChI=1S/C10H13Cl2NOS/c1-2-3-7(11)6-13-10(14)9-8(12)4-5-15-9/h4-5,7H,2-3,6H2,1H3,(H,13,14). The molecule has 0 aliphatic rings. The van der Waals surface area contributed by atoms with E-state index >= 15 is 0 Å². The molecule has 1 N–H and O–H groups in total. The van der Waals surface area contributed by atoms with Crippen molar-refractivity contribution < 1.29 is 4.79 Å². The first-order valence-corrected chi connectivity index (χ1v) is 6.49. The molecular weight excluding hydrogens is 253 g/mol. The molecule has 0 saturated heterocycles. The lowest BCUT2D eigenvalue weighted by atomic mass is 10.2. The Labute approximate surface area is 104 Å². The van der Waals surface area contributed by atoms with Gasteiger partial charge in [0.2, 0.25) is 0 Å². The zero-order valence-corrected chi connectivity index (χ0v) is 10.8. The molecule has 0 aromatic carbocycles. The van der Waals surface area contributed by atoms with E-state index in [0.29, 0.717) is 16.4 Å². The van der Waals surface area contributed by atoms with Gasteiger partial charge in [-0.15, -0.1) is 22.9 Å². The van der Waals surface area contributed by atoms with Crippen LogP contribution in [-0.4, -0.2) is 17.8 Å². The number of carbonyl (C=O) groups excluding carboxylic acids is 1. The van der Waals surface area contributed by atoms with E-state index in [2.05, 4.69) is 12.2 Å². The van der Waals surface area contributed by atoms with E-state index in [-0.39, 0.29) is 11.3 Å². The second-order valence-corrected chi connectivity index (χ2v) is 5.13. The van der Waals surface area contributed by atoms with Crippen molar-refractivity contribution >= 4 is 40.4 Å². The molecule has 0 aliphatic carbocycles. The molecule has 1 amide bonds. The SMILES string of the molecule is CCCC(Cl)CNC(=O)c1sccc1Cl. The van der Waals surface area contributed by atoms with Gasteiger partial charge >= 0.3 is 0 Å². The molecule has 2 nitrogen and oxygen atoms in total. The quantitative estimate of drug-likeness (QED) is 0.811. The van der Waals surface area contributed by atoms with E-state index in [1.165, 1.54) is 11.3 Å². The molecule has 1 atom stereocenters. The molecule has 0 radical (unpaired) electrons. The predicted octanol–water partition coefficient (Wildman–Crippen LogP) is 3.54. The molecule has 15 heavy (non-hydrogen) atoms. The Morgan fingerprint density at radius 3 is 2.93 bits per heavy atom. The summed E-state index contributed by atoms with van der Waals surface area (Å²) < 4.78 is 0. The van der Waals surface area contributed by atoms with Crippen molar-refractivity contribution in [3.63, 3.8) is 0 Å². The summed E-state index contributed by atoms with van der Waals surface area (Å²) in [5, 5.41) is 5.06. The van der Waals surface area contributed by atoms with Crippen LogP contribution in [-0.2, 0) is 0 Å². The number of alkyl halides is 1. The third-order valence-corrected chi connectivity index (χ3v) is 3.62. The van der Waals surface area contributed by atoms with Gasteiger partial charge in [-0.1, -0.05) is 24.9 Å². The van der Waals surface area contributed by atoms with E-state index in [1.807, 2.05) is 0 Å². The normalized spacial score (nSPS) is 12.5. The highest BCUT2D eigenvalue weighted by molar-refractivity contribution is 7.12. The van der Waals surface area contributed by atoms with Crippen LogP contribution in [0.4, 0.5) is 0 Å². The molecule has 1 aromatic heterocycles. The molecule has 0 bridgehead atoms. The summed E-state index contributed by atoms with van der Waals surface area (Å²) in [7, 11) is 0. The number of halogens is 2. The van der Waals surface area contributed by atoms with Crippen LogP contribution < -0.4 is 5.32 Å². The highest BCUT2D eigenvalue weighted by Crippen LogP contribution is 2.21. The molecule has 0 spiro atoms. The maximum atomic E-state index is 11.6. The Hall–Kier alpha value is -0.250. The zero-order chi connectivity index (χ0) is 11.3. The second-order valence-electron chi connectivity index (χ2n) is 3.19.